The molecule has 0 saturated heterocycles. The lowest BCUT2D eigenvalue weighted by Gasteiger charge is -2.06. The van der Waals surface area contributed by atoms with Gasteiger partial charge in [0.1, 0.15) is 0 Å². The number of aromatic carboxylic acids is 1. The van der Waals surface area contributed by atoms with Crippen LogP contribution >= 0.6 is 15.9 Å². The summed E-state index contributed by atoms with van der Waals surface area (Å²) in [4.78, 5) is 14.6. The van der Waals surface area contributed by atoms with Gasteiger partial charge >= 0.3 is 12.1 Å². The zero-order valence-electron chi connectivity index (χ0n) is 9.02. The molecule has 19 heavy (non-hydrogen) atoms. The standard InChI is InChI=1S/C10H5BrF3N3O2/c11-6-1-7(8(9(18)19)15-3-6)17-4-5(2-16-17)10(12,13)14/h1-4H,(H,18,19). The zero-order chi connectivity index (χ0) is 14.2. The molecule has 1 N–H and O–H groups in total. The second kappa shape index (κ2) is 4.65. The van der Waals surface area contributed by atoms with Crippen LogP contribution in [0.2, 0.25) is 0 Å². The highest BCUT2D eigenvalue weighted by molar-refractivity contribution is 9.10. The molecule has 2 rings (SSSR count). The van der Waals surface area contributed by atoms with Crippen LogP contribution < -0.4 is 0 Å². The molecule has 0 fully saturated rings. The van der Waals surface area contributed by atoms with Crippen molar-refractivity contribution >= 4 is 21.9 Å². The van der Waals surface area contributed by atoms with Crippen LogP contribution in [-0.2, 0) is 6.18 Å². The van der Waals surface area contributed by atoms with E-state index in [0.717, 1.165) is 4.68 Å². The topological polar surface area (TPSA) is 68.0 Å². The Morgan fingerprint density at radius 1 is 1.37 bits per heavy atom. The monoisotopic (exact) mass is 335 g/mol. The number of carbonyl (C=O) groups is 1. The summed E-state index contributed by atoms with van der Waals surface area (Å²) in [7, 11) is 0. The van der Waals surface area contributed by atoms with E-state index in [4.69, 9.17) is 5.11 Å². The van der Waals surface area contributed by atoms with Crippen LogP contribution in [0.25, 0.3) is 5.69 Å². The quantitative estimate of drug-likeness (QED) is 0.916. The van der Waals surface area contributed by atoms with Gasteiger partial charge in [-0.15, -0.1) is 0 Å². The molecule has 0 saturated carbocycles. The molecule has 0 aliphatic rings. The maximum absolute atomic E-state index is 12.5. The van der Waals surface area contributed by atoms with Crippen molar-refractivity contribution in [2.75, 3.05) is 0 Å². The number of pyridine rings is 1. The lowest BCUT2D eigenvalue weighted by molar-refractivity contribution is -0.137. The number of rotatable bonds is 2. The molecule has 2 aromatic rings. The van der Waals surface area contributed by atoms with Gasteiger partial charge in [0.15, 0.2) is 5.69 Å². The van der Waals surface area contributed by atoms with E-state index in [0.29, 0.717) is 16.9 Å². The van der Waals surface area contributed by atoms with Crippen molar-refractivity contribution in [3.63, 3.8) is 0 Å². The fourth-order valence-electron chi connectivity index (χ4n) is 1.37. The van der Waals surface area contributed by atoms with Gasteiger partial charge in [-0.1, -0.05) is 0 Å². The Bertz CT molecular complexity index is 639. The van der Waals surface area contributed by atoms with E-state index >= 15 is 0 Å². The summed E-state index contributed by atoms with van der Waals surface area (Å²) in [6.45, 7) is 0. The van der Waals surface area contributed by atoms with Crippen molar-refractivity contribution < 1.29 is 23.1 Å². The molecule has 0 aromatic carbocycles. The molecule has 0 aliphatic carbocycles. The Hall–Kier alpha value is -1.90. The maximum atomic E-state index is 12.5. The first-order valence-electron chi connectivity index (χ1n) is 4.80. The summed E-state index contributed by atoms with van der Waals surface area (Å²) in [6.07, 6.45) is -1.98. The molecule has 0 amide bonds. The normalized spacial score (nSPS) is 11.6. The van der Waals surface area contributed by atoms with Gasteiger partial charge in [-0.25, -0.2) is 14.5 Å². The maximum Gasteiger partial charge on any atom is 0.419 e. The van der Waals surface area contributed by atoms with E-state index in [1.165, 1.54) is 12.3 Å². The molecule has 0 unspecified atom stereocenters. The molecule has 0 spiro atoms. The number of aromatic nitrogens is 3. The lowest BCUT2D eigenvalue weighted by Crippen LogP contribution is -2.09. The van der Waals surface area contributed by atoms with E-state index in [1.54, 1.807) is 0 Å². The van der Waals surface area contributed by atoms with Crippen molar-refractivity contribution in [1.29, 1.82) is 0 Å². The first-order valence-corrected chi connectivity index (χ1v) is 5.59. The molecule has 0 atom stereocenters. The zero-order valence-corrected chi connectivity index (χ0v) is 10.6. The van der Waals surface area contributed by atoms with Crippen molar-refractivity contribution in [1.82, 2.24) is 14.8 Å². The van der Waals surface area contributed by atoms with E-state index in [-0.39, 0.29) is 11.4 Å². The third-order valence-corrected chi connectivity index (χ3v) is 2.63. The van der Waals surface area contributed by atoms with E-state index < -0.39 is 17.7 Å². The third-order valence-electron chi connectivity index (χ3n) is 2.19. The van der Waals surface area contributed by atoms with Gasteiger partial charge in [-0.2, -0.15) is 18.3 Å². The van der Waals surface area contributed by atoms with Gasteiger partial charge in [0.25, 0.3) is 0 Å². The molecule has 9 heteroatoms. The van der Waals surface area contributed by atoms with Gasteiger partial charge in [0, 0.05) is 16.9 Å². The number of alkyl halides is 3. The van der Waals surface area contributed by atoms with Crippen LogP contribution in [0.5, 0.6) is 0 Å². The highest BCUT2D eigenvalue weighted by atomic mass is 79.9. The average molecular weight is 336 g/mol. The molecule has 5 nitrogen and oxygen atoms in total. The summed E-state index contributed by atoms with van der Waals surface area (Å²) in [5.41, 5.74) is -1.42. The van der Waals surface area contributed by atoms with Crippen LogP contribution in [0.4, 0.5) is 13.2 Å². The van der Waals surface area contributed by atoms with Crippen molar-refractivity contribution in [2.24, 2.45) is 0 Å². The van der Waals surface area contributed by atoms with Crippen LogP contribution in [0.15, 0.2) is 29.1 Å². The Morgan fingerprint density at radius 2 is 2.05 bits per heavy atom. The SMILES string of the molecule is O=C(O)c1ncc(Br)cc1-n1cc(C(F)(F)F)cn1. The smallest absolute Gasteiger partial charge is 0.419 e. The highest BCUT2D eigenvalue weighted by Crippen LogP contribution is 2.29. The molecule has 2 aromatic heterocycles. The van der Waals surface area contributed by atoms with Crippen LogP contribution in [0.1, 0.15) is 16.1 Å². The number of halogens is 4. The van der Waals surface area contributed by atoms with Gasteiger partial charge in [-0.05, 0) is 22.0 Å². The Balaban J connectivity index is 2.55. The fraction of sp³-hybridized carbons (Fsp3) is 0.100. The summed E-state index contributed by atoms with van der Waals surface area (Å²) in [5, 5.41) is 12.5. The molecule has 0 bridgehead atoms. The molecular weight excluding hydrogens is 331 g/mol. The molecular formula is C10H5BrF3N3O2. The number of nitrogens with zero attached hydrogens (tertiary/aromatic N) is 3. The van der Waals surface area contributed by atoms with Gasteiger partial charge < -0.3 is 5.11 Å². The lowest BCUT2D eigenvalue weighted by atomic mass is 10.3. The fourth-order valence-corrected chi connectivity index (χ4v) is 1.69. The van der Waals surface area contributed by atoms with Crippen LogP contribution in [-0.4, -0.2) is 25.8 Å². The van der Waals surface area contributed by atoms with Crippen molar-refractivity contribution in [3.05, 3.63) is 40.4 Å². The number of hydrogen-bond donors (Lipinski definition) is 1. The van der Waals surface area contributed by atoms with Crippen LogP contribution in [0.3, 0.4) is 0 Å². The second-order valence-electron chi connectivity index (χ2n) is 3.50. The third kappa shape index (κ3) is 2.75. The summed E-state index contributed by atoms with van der Waals surface area (Å²) >= 11 is 3.07. The summed E-state index contributed by atoms with van der Waals surface area (Å²) in [6, 6.07) is 1.32. The minimum absolute atomic E-state index is 0.0580. The van der Waals surface area contributed by atoms with Gasteiger partial charge in [0.05, 0.1) is 17.4 Å². The van der Waals surface area contributed by atoms with E-state index in [9.17, 15) is 18.0 Å². The molecule has 2 heterocycles. The van der Waals surface area contributed by atoms with E-state index in [1.807, 2.05) is 0 Å². The minimum Gasteiger partial charge on any atom is -0.476 e. The number of carboxylic acid groups (broad SMARTS) is 1. The Labute approximate surface area is 112 Å². The predicted octanol–water partition coefficient (Wildman–Crippen LogP) is 2.75. The van der Waals surface area contributed by atoms with Crippen LogP contribution in [0, 0.1) is 0 Å². The highest BCUT2D eigenvalue weighted by Gasteiger charge is 2.32. The molecule has 0 aliphatic heterocycles. The summed E-state index contributed by atoms with van der Waals surface area (Å²) < 4.78 is 38.6. The average Bonchev–Trinajstić information content (AvgIpc) is 2.77. The summed E-state index contributed by atoms with van der Waals surface area (Å²) in [5.74, 6) is -1.36. The Morgan fingerprint density at radius 3 is 2.58 bits per heavy atom. The molecule has 100 valence electrons. The Kier molecular flexibility index (Phi) is 3.31. The largest absolute Gasteiger partial charge is 0.476 e. The second-order valence-corrected chi connectivity index (χ2v) is 4.41. The van der Waals surface area contributed by atoms with Crippen molar-refractivity contribution in [2.45, 2.75) is 6.18 Å². The van der Waals surface area contributed by atoms with Crippen molar-refractivity contribution in [3.8, 4) is 5.69 Å². The first-order chi connectivity index (χ1) is 8.79. The molecule has 0 radical (unpaired) electrons. The van der Waals surface area contributed by atoms with E-state index in [2.05, 4.69) is 26.0 Å². The number of carboxylic acids is 1. The first kappa shape index (κ1) is 13.5. The predicted molar refractivity (Wildman–Crippen MR) is 61.0 cm³/mol. The minimum atomic E-state index is -4.54. The van der Waals surface area contributed by atoms with Gasteiger partial charge in [0.2, 0.25) is 0 Å². The number of hydrogen-bond acceptors (Lipinski definition) is 3. The van der Waals surface area contributed by atoms with Gasteiger partial charge in [-0.3, -0.25) is 0 Å².